The molecule has 0 fully saturated rings. The van der Waals surface area contributed by atoms with Crippen LogP contribution >= 0.6 is 0 Å². The van der Waals surface area contributed by atoms with Gasteiger partial charge in [0.25, 0.3) is 0 Å². The lowest BCUT2D eigenvalue weighted by atomic mass is 10.1. The Bertz CT molecular complexity index is 1240. The molecule has 0 saturated carbocycles. The number of nitrogens with one attached hydrogen (secondary N) is 2. The van der Waals surface area contributed by atoms with E-state index >= 15 is 0 Å². The predicted octanol–water partition coefficient (Wildman–Crippen LogP) is 5.58. The van der Waals surface area contributed by atoms with Gasteiger partial charge in [-0.15, -0.1) is 10.2 Å². The third-order valence-electron chi connectivity index (χ3n) is 5.65. The topological polar surface area (TPSA) is 102 Å². The molecular weight excluding hydrogens is 492 g/mol. The van der Waals surface area contributed by atoms with E-state index in [-0.39, 0.29) is 25.0 Å². The van der Waals surface area contributed by atoms with E-state index in [4.69, 9.17) is 4.74 Å². The number of rotatable bonds is 10. The van der Waals surface area contributed by atoms with Gasteiger partial charge in [-0.2, -0.15) is 17.6 Å². The van der Waals surface area contributed by atoms with E-state index in [2.05, 4.69) is 30.8 Å². The molecule has 0 radical (unpaired) electrons. The van der Waals surface area contributed by atoms with E-state index in [1.165, 1.54) is 12.3 Å². The molecule has 0 aliphatic heterocycles. The van der Waals surface area contributed by atoms with Crippen molar-refractivity contribution in [2.45, 2.75) is 52.8 Å². The van der Waals surface area contributed by atoms with Gasteiger partial charge in [0.15, 0.2) is 5.82 Å². The van der Waals surface area contributed by atoms with Crippen LogP contribution in [-0.2, 0) is 10.9 Å². The number of unbranched alkanes of at least 4 members (excludes halogenated alkanes) is 1. The first kappa shape index (κ1) is 27.8. The molecule has 0 aromatic carbocycles. The zero-order chi connectivity index (χ0) is 27.2. The van der Waals surface area contributed by atoms with Crippen LogP contribution in [0.3, 0.4) is 0 Å². The standard InChI is InChI=1S/C25H28F4N6O2/c1-5-6-9-37-24(36)18-13-31-21(10-19(18)25(27,28)29)33-14(2)11-32-23-16(4)15(3)22(34-35-23)17-7-8-20(26)30-12-17/h7-8,10,12-14H,5-6,9,11H2,1-4H3,(H,31,33)(H,32,35)/t14-/m1/s1. The van der Waals surface area contributed by atoms with Crippen molar-refractivity contribution in [2.75, 3.05) is 23.8 Å². The van der Waals surface area contributed by atoms with E-state index in [0.29, 0.717) is 23.5 Å². The first-order valence-electron chi connectivity index (χ1n) is 11.7. The molecule has 37 heavy (non-hydrogen) atoms. The Balaban J connectivity index is 1.69. The van der Waals surface area contributed by atoms with Gasteiger partial charge in [0.05, 0.1) is 23.4 Å². The van der Waals surface area contributed by atoms with Gasteiger partial charge >= 0.3 is 12.1 Å². The zero-order valence-corrected chi connectivity index (χ0v) is 20.9. The maximum atomic E-state index is 13.6. The third-order valence-corrected chi connectivity index (χ3v) is 5.65. The number of hydrogen-bond acceptors (Lipinski definition) is 8. The number of anilines is 2. The molecule has 0 aliphatic rings. The Morgan fingerprint density at radius 2 is 1.86 bits per heavy atom. The molecule has 0 bridgehead atoms. The van der Waals surface area contributed by atoms with Crippen LogP contribution < -0.4 is 10.6 Å². The molecular formula is C25H28F4N6O2. The molecule has 0 amide bonds. The quantitative estimate of drug-likeness (QED) is 0.155. The summed E-state index contributed by atoms with van der Waals surface area (Å²) >= 11 is 0. The maximum Gasteiger partial charge on any atom is 0.417 e. The summed E-state index contributed by atoms with van der Waals surface area (Å²) in [5.74, 6) is -1.19. The summed E-state index contributed by atoms with van der Waals surface area (Å²) in [6.45, 7) is 7.66. The molecule has 3 heterocycles. The van der Waals surface area contributed by atoms with Crippen molar-refractivity contribution in [2.24, 2.45) is 0 Å². The largest absolute Gasteiger partial charge is 0.462 e. The highest BCUT2D eigenvalue weighted by Gasteiger charge is 2.36. The Morgan fingerprint density at radius 3 is 2.51 bits per heavy atom. The van der Waals surface area contributed by atoms with Gasteiger partial charge in [-0.1, -0.05) is 13.3 Å². The van der Waals surface area contributed by atoms with Gasteiger partial charge in [-0.3, -0.25) is 0 Å². The number of pyridine rings is 2. The number of carbonyl (C=O) groups is 1. The molecule has 0 saturated heterocycles. The minimum absolute atomic E-state index is 0.0372. The van der Waals surface area contributed by atoms with Gasteiger partial charge in [0.1, 0.15) is 5.82 Å². The van der Waals surface area contributed by atoms with Gasteiger partial charge in [0.2, 0.25) is 5.95 Å². The van der Waals surface area contributed by atoms with Crippen molar-refractivity contribution in [3.63, 3.8) is 0 Å². The van der Waals surface area contributed by atoms with Crippen LogP contribution in [0.4, 0.5) is 29.2 Å². The SMILES string of the molecule is CCCCOC(=O)c1cnc(N[C@H](C)CNc2nnc(-c3ccc(F)nc3)c(C)c2C)cc1C(F)(F)F. The minimum Gasteiger partial charge on any atom is -0.462 e. The highest BCUT2D eigenvalue weighted by molar-refractivity contribution is 5.91. The molecule has 0 aliphatic carbocycles. The van der Waals surface area contributed by atoms with Crippen LogP contribution in [0.2, 0.25) is 0 Å². The van der Waals surface area contributed by atoms with E-state index < -0.39 is 29.2 Å². The van der Waals surface area contributed by atoms with Crippen LogP contribution in [-0.4, -0.2) is 45.3 Å². The molecule has 2 N–H and O–H groups in total. The zero-order valence-electron chi connectivity index (χ0n) is 20.9. The second kappa shape index (κ2) is 11.9. The fraction of sp³-hybridized carbons (Fsp3) is 0.400. The number of aromatic nitrogens is 4. The average Bonchev–Trinajstić information content (AvgIpc) is 2.85. The highest BCUT2D eigenvalue weighted by Crippen LogP contribution is 2.33. The van der Waals surface area contributed by atoms with Crippen molar-refractivity contribution in [3.8, 4) is 11.3 Å². The summed E-state index contributed by atoms with van der Waals surface area (Å²) in [6.07, 6.45) is -1.20. The number of alkyl halides is 3. The van der Waals surface area contributed by atoms with Crippen molar-refractivity contribution in [3.05, 3.63) is 58.8 Å². The molecule has 0 unspecified atom stereocenters. The Morgan fingerprint density at radius 1 is 1.11 bits per heavy atom. The summed E-state index contributed by atoms with van der Waals surface area (Å²) < 4.78 is 58.9. The first-order chi connectivity index (χ1) is 17.5. The molecule has 3 aromatic heterocycles. The summed E-state index contributed by atoms with van der Waals surface area (Å²) in [4.78, 5) is 19.8. The molecule has 198 valence electrons. The van der Waals surface area contributed by atoms with Gasteiger partial charge in [-0.25, -0.2) is 14.8 Å². The third kappa shape index (κ3) is 7.11. The first-order valence-corrected chi connectivity index (χ1v) is 11.7. The average molecular weight is 521 g/mol. The molecule has 0 spiro atoms. The van der Waals surface area contributed by atoms with Crippen LogP contribution in [0.25, 0.3) is 11.3 Å². The van der Waals surface area contributed by atoms with E-state index in [0.717, 1.165) is 29.8 Å². The Labute approximate surface area is 211 Å². The van der Waals surface area contributed by atoms with Crippen molar-refractivity contribution in [1.82, 2.24) is 20.2 Å². The Hall–Kier alpha value is -3.83. The van der Waals surface area contributed by atoms with E-state index in [1.54, 1.807) is 13.0 Å². The Kier molecular flexibility index (Phi) is 8.95. The van der Waals surface area contributed by atoms with Crippen molar-refractivity contribution < 1.29 is 27.1 Å². The van der Waals surface area contributed by atoms with Crippen molar-refractivity contribution >= 4 is 17.6 Å². The maximum absolute atomic E-state index is 13.6. The number of carbonyl (C=O) groups excluding carboxylic acids is 1. The smallest absolute Gasteiger partial charge is 0.417 e. The summed E-state index contributed by atoms with van der Waals surface area (Å²) in [5, 5.41) is 14.4. The molecule has 8 nitrogen and oxygen atoms in total. The fourth-order valence-corrected chi connectivity index (χ4v) is 3.43. The number of halogens is 4. The van der Waals surface area contributed by atoms with Crippen LogP contribution in [0, 0.1) is 19.8 Å². The molecule has 12 heteroatoms. The monoisotopic (exact) mass is 520 g/mol. The van der Waals surface area contributed by atoms with Gasteiger partial charge < -0.3 is 15.4 Å². The summed E-state index contributed by atoms with van der Waals surface area (Å²) in [6, 6.07) is 3.24. The van der Waals surface area contributed by atoms with Gasteiger partial charge in [0, 0.05) is 30.5 Å². The molecule has 3 rings (SSSR count). The van der Waals surface area contributed by atoms with Crippen molar-refractivity contribution in [1.29, 1.82) is 0 Å². The van der Waals surface area contributed by atoms with Gasteiger partial charge in [-0.05, 0) is 56.5 Å². The molecule has 3 aromatic rings. The van der Waals surface area contributed by atoms with Crippen LogP contribution in [0.15, 0.2) is 30.6 Å². The van der Waals surface area contributed by atoms with E-state index in [1.807, 2.05) is 20.8 Å². The molecule has 1 atom stereocenters. The summed E-state index contributed by atoms with van der Waals surface area (Å²) in [7, 11) is 0. The normalized spacial score (nSPS) is 12.2. The minimum atomic E-state index is -4.76. The number of esters is 1. The lowest BCUT2D eigenvalue weighted by Gasteiger charge is -2.19. The number of nitrogens with zero attached hydrogens (tertiary/aromatic N) is 4. The number of ether oxygens (including phenoxy) is 1. The number of hydrogen-bond donors (Lipinski definition) is 2. The summed E-state index contributed by atoms with van der Waals surface area (Å²) in [5.41, 5.74) is 1.08. The van der Waals surface area contributed by atoms with Crippen LogP contribution in [0.5, 0.6) is 0 Å². The fourth-order valence-electron chi connectivity index (χ4n) is 3.43. The highest BCUT2D eigenvalue weighted by atomic mass is 19.4. The van der Waals surface area contributed by atoms with E-state index in [9.17, 15) is 22.4 Å². The second-order valence-electron chi connectivity index (χ2n) is 8.55. The van der Waals surface area contributed by atoms with Crippen LogP contribution in [0.1, 0.15) is 53.7 Å². The lowest BCUT2D eigenvalue weighted by molar-refractivity contribution is -0.138. The lowest BCUT2D eigenvalue weighted by Crippen LogP contribution is -2.27. The second-order valence-corrected chi connectivity index (χ2v) is 8.55. The predicted molar refractivity (Wildman–Crippen MR) is 131 cm³/mol.